The minimum absolute atomic E-state index is 0.0188. The number of ether oxygens (including phenoxy) is 1. The van der Waals surface area contributed by atoms with Crippen LogP contribution in [0.15, 0.2) is 0 Å². The number of aliphatic hydroxyl groups is 2. The summed E-state index contributed by atoms with van der Waals surface area (Å²) in [6.07, 6.45) is 0.528. The summed E-state index contributed by atoms with van der Waals surface area (Å²) in [7, 11) is 5.57. The lowest BCUT2D eigenvalue weighted by Gasteiger charge is -2.26. The zero-order valence-corrected chi connectivity index (χ0v) is 8.90. The molecule has 4 nitrogen and oxygen atoms in total. The molecule has 2 N–H and O–H groups in total. The number of carbonyl (C=O) groups is 1. The number of carbonyl (C=O) groups excluding carboxylic acids is 1. The first-order valence-corrected chi connectivity index (χ1v) is 5.45. The van der Waals surface area contributed by atoms with E-state index in [1.54, 1.807) is 6.92 Å². The molecule has 0 aliphatic carbocycles. The van der Waals surface area contributed by atoms with E-state index >= 15 is 0 Å². The van der Waals surface area contributed by atoms with E-state index in [1.807, 2.05) is 0 Å². The molecule has 0 unspecified atom stereocenters. The molecule has 0 saturated heterocycles. The van der Waals surface area contributed by atoms with Crippen molar-refractivity contribution in [3.05, 3.63) is 0 Å². The maximum atomic E-state index is 10.7. The highest BCUT2D eigenvalue weighted by Crippen LogP contribution is 2.22. The van der Waals surface area contributed by atoms with Gasteiger partial charge in [-0.05, 0) is 17.1 Å². The highest BCUT2D eigenvalue weighted by atomic mass is 35.7. The molecule has 0 aromatic carbocycles. The van der Waals surface area contributed by atoms with Gasteiger partial charge in [0, 0.05) is 0 Å². The molecule has 0 amide bonds. The van der Waals surface area contributed by atoms with E-state index in [-0.39, 0.29) is 19.8 Å². The van der Waals surface area contributed by atoms with Crippen molar-refractivity contribution in [1.82, 2.24) is 0 Å². The Morgan fingerprint density at radius 1 is 1.54 bits per heavy atom. The predicted molar refractivity (Wildman–Crippen MR) is 51.7 cm³/mol. The second kappa shape index (κ2) is 6.48. The highest BCUT2D eigenvalue weighted by molar-refractivity contribution is 8.32. The molecule has 0 aromatic heterocycles. The molecule has 0 aliphatic rings. The molecular weight excluding hydrogens is 216 g/mol. The first-order chi connectivity index (χ1) is 6.14. The van der Waals surface area contributed by atoms with E-state index in [1.165, 1.54) is 0 Å². The molecule has 0 atom stereocenters. The van der Waals surface area contributed by atoms with Gasteiger partial charge in [0.1, 0.15) is 6.61 Å². The highest BCUT2D eigenvalue weighted by Gasteiger charge is 2.28. The molecular formula is C7H13ClO4S. The summed E-state index contributed by atoms with van der Waals surface area (Å²) in [6.45, 7) is 1.34. The third-order valence-corrected chi connectivity index (χ3v) is 2.60. The Labute approximate surface area is 85.7 Å². The molecule has 0 aliphatic heterocycles. The van der Waals surface area contributed by atoms with Gasteiger partial charge in [-0.2, -0.15) is 0 Å². The van der Waals surface area contributed by atoms with Crippen molar-refractivity contribution in [3.8, 4) is 0 Å². The lowest BCUT2D eigenvalue weighted by Crippen LogP contribution is -2.34. The fraction of sp³-hybridized carbons (Fsp3) is 0.857. The van der Waals surface area contributed by atoms with Gasteiger partial charge >= 0.3 is 5.30 Å². The van der Waals surface area contributed by atoms with Crippen molar-refractivity contribution < 1.29 is 19.7 Å². The summed E-state index contributed by atoms with van der Waals surface area (Å²) in [5, 5.41) is 17.3. The van der Waals surface area contributed by atoms with Crippen molar-refractivity contribution in [2.75, 3.05) is 19.8 Å². The lowest BCUT2D eigenvalue weighted by atomic mass is 9.88. The second-order valence-corrected chi connectivity index (χ2v) is 3.74. The zero-order valence-electron chi connectivity index (χ0n) is 7.33. The van der Waals surface area contributed by atoms with Crippen molar-refractivity contribution in [3.63, 3.8) is 0 Å². The lowest BCUT2D eigenvalue weighted by molar-refractivity contribution is 0.000635. The second-order valence-electron chi connectivity index (χ2n) is 2.79. The Morgan fingerprint density at radius 3 is 2.38 bits per heavy atom. The average Bonchev–Trinajstić information content (AvgIpc) is 2.20. The van der Waals surface area contributed by atoms with Gasteiger partial charge in [-0.25, -0.2) is 4.79 Å². The minimum atomic E-state index is -0.748. The Morgan fingerprint density at radius 2 is 2.08 bits per heavy atom. The molecule has 0 heterocycles. The van der Waals surface area contributed by atoms with Gasteiger partial charge in [0.15, 0.2) is 0 Å². The molecule has 6 heteroatoms. The van der Waals surface area contributed by atoms with Crippen LogP contribution in [0.5, 0.6) is 0 Å². The monoisotopic (exact) mass is 228 g/mol. The maximum absolute atomic E-state index is 10.7. The van der Waals surface area contributed by atoms with Gasteiger partial charge < -0.3 is 14.9 Å². The molecule has 0 aromatic rings. The molecule has 13 heavy (non-hydrogen) atoms. The van der Waals surface area contributed by atoms with E-state index in [0.717, 1.165) is 0 Å². The van der Waals surface area contributed by atoms with Crippen LogP contribution in [0.1, 0.15) is 13.3 Å². The number of hydrogen-bond donors (Lipinski definition) is 2. The summed E-state index contributed by atoms with van der Waals surface area (Å²) in [5.74, 6) is 0. The van der Waals surface area contributed by atoms with E-state index in [9.17, 15) is 4.79 Å². The summed E-state index contributed by atoms with van der Waals surface area (Å²) in [5.41, 5.74) is -0.748. The van der Waals surface area contributed by atoms with Crippen LogP contribution in [-0.2, 0) is 4.74 Å². The quantitative estimate of drug-likeness (QED) is 0.697. The van der Waals surface area contributed by atoms with E-state index in [4.69, 9.17) is 25.6 Å². The van der Waals surface area contributed by atoms with Gasteiger partial charge in [-0.15, -0.1) is 0 Å². The van der Waals surface area contributed by atoms with Crippen molar-refractivity contribution in [2.24, 2.45) is 5.41 Å². The molecule has 0 bridgehead atoms. The average molecular weight is 229 g/mol. The standard InChI is InChI=1S/C7H13ClO4S/c1-2-7(3-9,4-10)5-12-6(11)13-8/h9-10H,2-5H2,1H3. The Kier molecular flexibility index (Phi) is 6.49. The molecule has 0 fully saturated rings. The third-order valence-electron chi connectivity index (χ3n) is 1.98. The van der Waals surface area contributed by atoms with Crippen LogP contribution in [0.2, 0.25) is 0 Å². The topological polar surface area (TPSA) is 66.8 Å². The van der Waals surface area contributed by atoms with Gasteiger partial charge in [-0.1, -0.05) is 6.92 Å². The Balaban J connectivity index is 4.02. The molecule has 0 spiro atoms. The largest absolute Gasteiger partial charge is 0.456 e. The van der Waals surface area contributed by atoms with E-state index in [0.29, 0.717) is 17.4 Å². The first-order valence-electron chi connectivity index (χ1n) is 3.81. The summed E-state index contributed by atoms with van der Waals surface area (Å²) in [6, 6.07) is 0. The fourth-order valence-electron chi connectivity index (χ4n) is 0.701. The maximum Gasteiger partial charge on any atom is 0.383 e. The SMILES string of the molecule is CCC(CO)(CO)COC(=O)SCl. The van der Waals surface area contributed by atoms with Crippen molar-refractivity contribution >= 4 is 27.0 Å². The van der Waals surface area contributed by atoms with Crippen LogP contribution in [0.4, 0.5) is 4.79 Å². The first kappa shape index (κ1) is 13.0. The molecule has 0 saturated carbocycles. The number of halogens is 1. The minimum Gasteiger partial charge on any atom is -0.456 e. The van der Waals surface area contributed by atoms with E-state index < -0.39 is 10.7 Å². The van der Waals surface area contributed by atoms with Gasteiger partial charge in [0.2, 0.25) is 0 Å². The predicted octanol–water partition coefficient (Wildman–Crippen LogP) is 1.39. The summed E-state index contributed by atoms with van der Waals surface area (Å²) < 4.78 is 4.70. The van der Waals surface area contributed by atoms with Crippen LogP contribution in [0, 0.1) is 5.41 Å². The smallest absolute Gasteiger partial charge is 0.383 e. The third kappa shape index (κ3) is 4.17. The van der Waals surface area contributed by atoms with Gasteiger partial charge in [0.25, 0.3) is 0 Å². The van der Waals surface area contributed by atoms with Gasteiger partial charge in [0.05, 0.1) is 29.6 Å². The summed E-state index contributed by atoms with van der Waals surface area (Å²) in [4.78, 5) is 10.7. The molecule has 78 valence electrons. The Hall–Kier alpha value is 0.0300. The normalized spacial score (nSPS) is 11.4. The number of hydrogen-bond acceptors (Lipinski definition) is 5. The van der Waals surface area contributed by atoms with Crippen LogP contribution >= 0.6 is 21.7 Å². The molecule has 0 rings (SSSR count). The molecule has 0 radical (unpaired) electrons. The number of rotatable bonds is 5. The zero-order chi connectivity index (χ0) is 10.3. The van der Waals surface area contributed by atoms with Crippen LogP contribution in [0.3, 0.4) is 0 Å². The van der Waals surface area contributed by atoms with Crippen molar-refractivity contribution in [1.29, 1.82) is 0 Å². The van der Waals surface area contributed by atoms with Crippen molar-refractivity contribution in [2.45, 2.75) is 13.3 Å². The van der Waals surface area contributed by atoms with Crippen LogP contribution in [-0.4, -0.2) is 35.3 Å². The van der Waals surface area contributed by atoms with Crippen LogP contribution in [0.25, 0.3) is 0 Å². The number of aliphatic hydroxyl groups excluding tert-OH is 2. The fourth-order valence-corrected chi connectivity index (χ4v) is 0.938. The van der Waals surface area contributed by atoms with Crippen LogP contribution < -0.4 is 0 Å². The Bertz CT molecular complexity index is 152. The summed E-state index contributed by atoms with van der Waals surface area (Å²) >= 11 is 0. The van der Waals surface area contributed by atoms with Gasteiger partial charge in [-0.3, -0.25) is 0 Å². The van der Waals surface area contributed by atoms with E-state index in [2.05, 4.69) is 0 Å².